The van der Waals surface area contributed by atoms with Crippen molar-refractivity contribution < 1.29 is 18.7 Å². The number of pyridine rings is 2. The summed E-state index contributed by atoms with van der Waals surface area (Å²) in [7, 11) is 1.93. The molecule has 0 aliphatic heterocycles. The van der Waals surface area contributed by atoms with Gasteiger partial charge in [0.05, 0.1) is 23.6 Å². The molecule has 0 atom stereocenters. The summed E-state index contributed by atoms with van der Waals surface area (Å²) in [6.45, 7) is 0. The number of halogens is 2. The van der Waals surface area contributed by atoms with Crippen LogP contribution in [-0.2, 0) is 0 Å². The molecule has 0 unspecified atom stereocenters. The zero-order valence-corrected chi connectivity index (χ0v) is 17.8. The van der Waals surface area contributed by atoms with Gasteiger partial charge in [-0.05, 0) is 67.5 Å². The largest absolute Gasteiger partial charge is 0.398 e. The first kappa shape index (κ1) is 23.3. The number of nitrogen functional groups attached to an aromatic ring is 1. The summed E-state index contributed by atoms with van der Waals surface area (Å²) in [4.78, 5) is 18.4. The van der Waals surface area contributed by atoms with E-state index in [0.29, 0.717) is 12.2 Å². The van der Waals surface area contributed by atoms with E-state index in [1.165, 1.54) is 23.8 Å². The second kappa shape index (κ2) is 10.8. The molecule has 4 rings (SSSR count). The third-order valence-electron chi connectivity index (χ3n) is 5.53. The average Bonchev–Trinajstić information content (AvgIpc) is 2.81. The van der Waals surface area contributed by atoms with Crippen molar-refractivity contribution in [1.82, 2.24) is 9.97 Å². The third-order valence-corrected chi connectivity index (χ3v) is 5.53. The van der Waals surface area contributed by atoms with Crippen molar-refractivity contribution in [2.75, 3.05) is 18.1 Å². The number of benzene rings is 1. The first-order valence-corrected chi connectivity index (χ1v) is 10.4. The lowest BCUT2D eigenvalue weighted by molar-refractivity contribution is 0.111. The molecular weight excluding hydrogens is 414 g/mol. The van der Waals surface area contributed by atoms with Crippen LogP contribution in [0.25, 0.3) is 11.3 Å². The van der Waals surface area contributed by atoms with Crippen LogP contribution in [0, 0.1) is 11.6 Å². The van der Waals surface area contributed by atoms with Crippen LogP contribution in [0.1, 0.15) is 47.7 Å². The first-order valence-electron chi connectivity index (χ1n) is 10.4. The van der Waals surface area contributed by atoms with Crippen molar-refractivity contribution in [1.29, 1.82) is 0 Å². The van der Waals surface area contributed by atoms with Crippen LogP contribution in [-0.4, -0.2) is 34.5 Å². The number of carbonyl (C=O) groups is 1. The number of nitrogens with one attached hydrogen (secondary N) is 1. The molecule has 1 aliphatic rings. The zero-order valence-electron chi connectivity index (χ0n) is 17.8. The topological polar surface area (TPSA) is 101 Å². The van der Waals surface area contributed by atoms with Gasteiger partial charge in [-0.2, -0.15) is 0 Å². The van der Waals surface area contributed by atoms with Crippen LogP contribution in [0.5, 0.6) is 0 Å². The molecule has 8 heteroatoms. The molecule has 2 heterocycles. The smallest absolute Gasteiger partial charge is 0.168 e. The molecule has 32 heavy (non-hydrogen) atoms. The maximum atomic E-state index is 13.6. The lowest BCUT2D eigenvalue weighted by atomic mass is 9.82. The monoisotopic (exact) mass is 440 g/mol. The molecule has 0 spiro atoms. The number of rotatable bonds is 4. The van der Waals surface area contributed by atoms with Crippen LogP contribution in [0.2, 0.25) is 0 Å². The van der Waals surface area contributed by atoms with Gasteiger partial charge in [0, 0.05) is 18.9 Å². The van der Waals surface area contributed by atoms with Crippen molar-refractivity contribution in [3.63, 3.8) is 0 Å². The quantitative estimate of drug-likeness (QED) is 0.406. The number of aromatic nitrogens is 2. The van der Waals surface area contributed by atoms with Gasteiger partial charge in [0.1, 0.15) is 23.0 Å². The van der Waals surface area contributed by atoms with Crippen LogP contribution >= 0.6 is 0 Å². The summed E-state index contributed by atoms with van der Waals surface area (Å²) in [6, 6.07) is 8.36. The van der Waals surface area contributed by atoms with Gasteiger partial charge in [-0.25, -0.2) is 13.8 Å². The fraction of sp³-hybridized carbons (Fsp3) is 0.292. The van der Waals surface area contributed by atoms with E-state index in [1.54, 1.807) is 0 Å². The van der Waals surface area contributed by atoms with E-state index >= 15 is 0 Å². The zero-order chi connectivity index (χ0) is 23.1. The number of hydrogen-bond donors (Lipinski definition) is 3. The lowest BCUT2D eigenvalue weighted by Crippen LogP contribution is -2.17. The summed E-state index contributed by atoms with van der Waals surface area (Å²) in [6.07, 6.45) is 8.12. The minimum Gasteiger partial charge on any atom is -0.398 e. The maximum absolute atomic E-state index is 13.6. The van der Waals surface area contributed by atoms with Gasteiger partial charge in [-0.15, -0.1) is 0 Å². The number of aldehydes is 1. The number of carbonyl (C=O) groups excluding carboxylic acids is 1. The van der Waals surface area contributed by atoms with E-state index in [2.05, 4.69) is 21.4 Å². The van der Waals surface area contributed by atoms with E-state index in [0.717, 1.165) is 43.5 Å². The number of aliphatic hydroxyl groups is 1. The fourth-order valence-corrected chi connectivity index (χ4v) is 3.85. The highest BCUT2D eigenvalue weighted by molar-refractivity contribution is 5.78. The average molecular weight is 440 g/mol. The SMILES string of the molecule is CNc1cnccc1C1CCC(O)CC1.Nc1cccc(F)c1-c1nc(C=O)ccc1F. The van der Waals surface area contributed by atoms with Gasteiger partial charge in [-0.3, -0.25) is 9.78 Å². The molecule has 1 fully saturated rings. The number of nitrogens with two attached hydrogens (primary N) is 1. The Morgan fingerprint density at radius 3 is 2.50 bits per heavy atom. The van der Waals surface area contributed by atoms with Gasteiger partial charge in [0.2, 0.25) is 0 Å². The molecule has 6 nitrogen and oxygen atoms in total. The Balaban J connectivity index is 0.000000182. The van der Waals surface area contributed by atoms with Crippen molar-refractivity contribution in [2.45, 2.75) is 37.7 Å². The summed E-state index contributed by atoms with van der Waals surface area (Å²) in [5, 5.41) is 12.7. The van der Waals surface area contributed by atoms with Crippen LogP contribution in [0.15, 0.2) is 48.8 Å². The molecule has 1 saturated carbocycles. The van der Waals surface area contributed by atoms with Crippen LogP contribution < -0.4 is 11.1 Å². The van der Waals surface area contributed by atoms with Gasteiger partial charge >= 0.3 is 0 Å². The molecule has 1 aliphatic carbocycles. The van der Waals surface area contributed by atoms with Gasteiger partial charge in [0.25, 0.3) is 0 Å². The van der Waals surface area contributed by atoms with E-state index in [4.69, 9.17) is 5.73 Å². The van der Waals surface area contributed by atoms with Crippen molar-refractivity contribution in [3.05, 3.63) is 71.7 Å². The third kappa shape index (κ3) is 5.45. The molecular formula is C24H26F2N4O2. The van der Waals surface area contributed by atoms with E-state index in [9.17, 15) is 18.7 Å². The second-order valence-corrected chi connectivity index (χ2v) is 7.61. The van der Waals surface area contributed by atoms with Crippen molar-refractivity contribution >= 4 is 17.7 Å². The Morgan fingerprint density at radius 1 is 1.09 bits per heavy atom. The summed E-state index contributed by atoms with van der Waals surface area (Å²) < 4.78 is 27.1. The Labute approximate surface area is 185 Å². The van der Waals surface area contributed by atoms with Crippen LogP contribution in [0.4, 0.5) is 20.2 Å². The predicted octanol–water partition coefficient (Wildman–Crippen LogP) is 4.56. The molecule has 0 amide bonds. The molecule has 3 aromatic rings. The number of nitrogens with zero attached hydrogens (tertiary/aromatic N) is 2. The number of anilines is 2. The minimum atomic E-state index is -0.729. The predicted molar refractivity (Wildman–Crippen MR) is 120 cm³/mol. The van der Waals surface area contributed by atoms with E-state index < -0.39 is 11.6 Å². The van der Waals surface area contributed by atoms with Gasteiger partial charge in [0.15, 0.2) is 6.29 Å². The molecule has 1 aromatic carbocycles. The fourth-order valence-electron chi connectivity index (χ4n) is 3.85. The summed E-state index contributed by atoms with van der Waals surface area (Å²) >= 11 is 0. The molecule has 2 aromatic heterocycles. The highest BCUT2D eigenvalue weighted by Crippen LogP contribution is 2.36. The Bertz CT molecular complexity index is 1050. The molecule has 0 radical (unpaired) electrons. The Kier molecular flexibility index (Phi) is 7.83. The molecule has 0 saturated heterocycles. The van der Waals surface area contributed by atoms with Crippen molar-refractivity contribution in [2.24, 2.45) is 0 Å². The standard InChI is InChI=1S/C12H8F2N2O.C12H18N2O/c13-8-2-1-3-10(15)11(8)12-9(14)5-4-7(6-17)16-12;1-13-12-8-14-7-6-11(12)9-2-4-10(15)5-3-9/h1-6H,15H2;6-10,13,15H,2-5H2,1H3. The van der Waals surface area contributed by atoms with E-state index in [-0.39, 0.29) is 28.7 Å². The molecule has 4 N–H and O–H groups in total. The number of aliphatic hydroxyl groups excluding tert-OH is 1. The molecule has 168 valence electrons. The summed E-state index contributed by atoms with van der Waals surface area (Å²) in [5.74, 6) is -0.828. The first-order chi connectivity index (χ1) is 15.4. The second-order valence-electron chi connectivity index (χ2n) is 7.61. The lowest BCUT2D eigenvalue weighted by Gasteiger charge is -2.26. The van der Waals surface area contributed by atoms with Gasteiger partial charge < -0.3 is 16.2 Å². The highest BCUT2D eigenvalue weighted by Gasteiger charge is 2.22. The molecule has 0 bridgehead atoms. The minimum absolute atomic E-state index is 0.0176. The number of hydrogen-bond acceptors (Lipinski definition) is 6. The van der Waals surface area contributed by atoms with Gasteiger partial charge in [-0.1, -0.05) is 6.07 Å². The Hall–Kier alpha value is -3.39. The highest BCUT2D eigenvalue weighted by atomic mass is 19.1. The normalized spacial score (nSPS) is 17.8. The summed E-state index contributed by atoms with van der Waals surface area (Å²) in [5.41, 5.74) is 7.75. The van der Waals surface area contributed by atoms with Crippen LogP contribution in [0.3, 0.4) is 0 Å². The van der Waals surface area contributed by atoms with E-state index in [1.807, 2.05) is 19.4 Å². The maximum Gasteiger partial charge on any atom is 0.168 e. The van der Waals surface area contributed by atoms with Crippen molar-refractivity contribution in [3.8, 4) is 11.3 Å². The Morgan fingerprint density at radius 2 is 1.84 bits per heavy atom.